The van der Waals surface area contributed by atoms with E-state index in [1.807, 2.05) is 6.07 Å². The first-order valence-electron chi connectivity index (χ1n) is 10.5. The van der Waals surface area contributed by atoms with E-state index in [4.69, 9.17) is 0 Å². The van der Waals surface area contributed by atoms with Crippen molar-refractivity contribution in [3.63, 3.8) is 0 Å². The Kier molecular flexibility index (Phi) is 7.95. The van der Waals surface area contributed by atoms with Crippen molar-refractivity contribution < 1.29 is 4.39 Å². The van der Waals surface area contributed by atoms with E-state index in [1.54, 1.807) is 6.07 Å². The van der Waals surface area contributed by atoms with Crippen molar-refractivity contribution in [1.29, 1.82) is 0 Å². The Morgan fingerprint density at radius 3 is 2.50 bits per heavy atom. The molecule has 0 radical (unpaired) electrons. The van der Waals surface area contributed by atoms with Gasteiger partial charge in [0.1, 0.15) is 5.82 Å². The third kappa shape index (κ3) is 6.03. The fourth-order valence-electron chi connectivity index (χ4n) is 4.73. The number of benzene rings is 1. The second-order valence-electron chi connectivity index (χ2n) is 8.29. The van der Waals surface area contributed by atoms with Gasteiger partial charge in [-0.2, -0.15) is 0 Å². The lowest BCUT2D eigenvalue weighted by Crippen LogP contribution is -2.37. The quantitative estimate of drug-likeness (QED) is 0.629. The fourth-order valence-corrected chi connectivity index (χ4v) is 5.14. The first-order chi connectivity index (χ1) is 12.6. The van der Waals surface area contributed by atoms with Crippen molar-refractivity contribution in [1.82, 2.24) is 10.2 Å². The zero-order chi connectivity index (χ0) is 18.4. The molecule has 1 aliphatic heterocycles. The molecule has 2 aliphatic rings. The summed E-state index contributed by atoms with van der Waals surface area (Å²) in [6.07, 6.45) is 10.4. The lowest BCUT2D eigenvalue weighted by Gasteiger charge is -2.34. The van der Waals surface area contributed by atoms with E-state index in [2.05, 4.69) is 33.1 Å². The summed E-state index contributed by atoms with van der Waals surface area (Å²) in [5, 5.41) is 3.61. The van der Waals surface area contributed by atoms with E-state index < -0.39 is 0 Å². The Morgan fingerprint density at radius 1 is 1.08 bits per heavy atom. The molecule has 1 saturated heterocycles. The van der Waals surface area contributed by atoms with Crippen molar-refractivity contribution in [2.75, 3.05) is 26.2 Å². The van der Waals surface area contributed by atoms with E-state index in [1.165, 1.54) is 70.6 Å². The first-order valence-corrected chi connectivity index (χ1v) is 11.3. The van der Waals surface area contributed by atoms with Crippen LogP contribution in [0.2, 0.25) is 0 Å². The predicted molar refractivity (Wildman–Crippen MR) is 111 cm³/mol. The summed E-state index contributed by atoms with van der Waals surface area (Å²) >= 11 is 3.57. The maximum Gasteiger partial charge on any atom is 0.123 e. The Hall–Kier alpha value is -0.450. The highest BCUT2D eigenvalue weighted by molar-refractivity contribution is 9.10. The first kappa shape index (κ1) is 20.3. The van der Waals surface area contributed by atoms with E-state index in [9.17, 15) is 4.39 Å². The smallest absolute Gasteiger partial charge is 0.123 e. The minimum absolute atomic E-state index is 0.121. The molecule has 1 aromatic carbocycles. The largest absolute Gasteiger partial charge is 0.314 e. The highest BCUT2D eigenvalue weighted by atomic mass is 79.9. The number of rotatable bonds is 7. The number of nitrogens with one attached hydrogen (secondary N) is 1. The molecule has 1 aliphatic carbocycles. The number of nitrogens with zero attached hydrogens (tertiary/aromatic N) is 1. The van der Waals surface area contributed by atoms with E-state index >= 15 is 0 Å². The van der Waals surface area contributed by atoms with Gasteiger partial charge in [0.25, 0.3) is 0 Å². The molecule has 1 saturated carbocycles. The van der Waals surface area contributed by atoms with Gasteiger partial charge in [-0.15, -0.1) is 0 Å². The molecule has 1 aromatic rings. The number of hydrogen-bond donors (Lipinski definition) is 1. The van der Waals surface area contributed by atoms with Crippen molar-refractivity contribution in [3.8, 4) is 0 Å². The second kappa shape index (κ2) is 10.2. The van der Waals surface area contributed by atoms with Crippen LogP contribution in [-0.2, 0) is 6.42 Å². The lowest BCUT2D eigenvalue weighted by molar-refractivity contribution is 0.163. The van der Waals surface area contributed by atoms with E-state index in [0.29, 0.717) is 5.92 Å². The number of hydrogen-bond acceptors (Lipinski definition) is 2. The van der Waals surface area contributed by atoms with Crippen LogP contribution in [0.25, 0.3) is 0 Å². The van der Waals surface area contributed by atoms with Crippen molar-refractivity contribution in [3.05, 3.63) is 34.1 Å². The van der Waals surface area contributed by atoms with Crippen LogP contribution < -0.4 is 5.32 Å². The Balaban J connectivity index is 1.35. The maximum absolute atomic E-state index is 13.5. The van der Waals surface area contributed by atoms with Gasteiger partial charge >= 0.3 is 0 Å². The standard InChI is InChI=1S/C22H34BrFN2/c1-2-25-21-6-3-17(4-7-21)9-12-26-13-10-18(11-14-26)15-19-16-20(24)5-8-22(19)23/h5,8,16-18,21,25H,2-4,6-7,9-15H2,1H3/t17-,21+. The van der Waals surface area contributed by atoms with Gasteiger partial charge in [0.2, 0.25) is 0 Å². The average Bonchev–Trinajstić information content (AvgIpc) is 2.65. The third-order valence-electron chi connectivity index (χ3n) is 6.42. The molecule has 1 N–H and O–H groups in total. The molecule has 2 nitrogen and oxygen atoms in total. The fraction of sp³-hybridized carbons (Fsp3) is 0.727. The Labute approximate surface area is 167 Å². The number of likely N-dealkylation sites (tertiary alicyclic amines) is 1. The summed E-state index contributed by atoms with van der Waals surface area (Å²) in [5.41, 5.74) is 1.13. The maximum atomic E-state index is 13.5. The molecule has 146 valence electrons. The van der Waals surface area contributed by atoms with Gasteiger partial charge in [-0.05, 0) is 113 Å². The second-order valence-corrected chi connectivity index (χ2v) is 9.14. The number of piperidine rings is 1. The van der Waals surface area contributed by atoms with Gasteiger partial charge in [-0.3, -0.25) is 0 Å². The topological polar surface area (TPSA) is 15.3 Å². The monoisotopic (exact) mass is 424 g/mol. The van der Waals surface area contributed by atoms with Crippen LogP contribution >= 0.6 is 15.9 Å². The van der Waals surface area contributed by atoms with Gasteiger partial charge < -0.3 is 10.2 Å². The van der Waals surface area contributed by atoms with Crippen molar-refractivity contribution in [2.24, 2.45) is 11.8 Å². The minimum atomic E-state index is -0.121. The molecule has 26 heavy (non-hydrogen) atoms. The number of halogens is 2. The molecule has 0 aromatic heterocycles. The highest BCUT2D eigenvalue weighted by Gasteiger charge is 2.23. The van der Waals surface area contributed by atoms with Gasteiger partial charge in [0.05, 0.1) is 0 Å². The van der Waals surface area contributed by atoms with E-state index in [0.717, 1.165) is 35.0 Å². The van der Waals surface area contributed by atoms with Crippen LogP contribution in [0.1, 0.15) is 57.4 Å². The molecular weight excluding hydrogens is 391 g/mol. The zero-order valence-electron chi connectivity index (χ0n) is 16.2. The van der Waals surface area contributed by atoms with Gasteiger partial charge in [-0.1, -0.05) is 22.9 Å². The molecular formula is C22H34BrFN2. The summed E-state index contributed by atoms with van der Waals surface area (Å²) in [6.45, 7) is 7.01. The van der Waals surface area contributed by atoms with Crippen LogP contribution in [0.4, 0.5) is 4.39 Å². The SMILES string of the molecule is CCN[C@H]1CC[C@@H](CCN2CCC(Cc3cc(F)ccc3Br)CC2)CC1. The highest BCUT2D eigenvalue weighted by Crippen LogP contribution is 2.29. The molecule has 0 unspecified atom stereocenters. The molecule has 0 spiro atoms. The molecule has 0 amide bonds. The Bertz CT molecular complexity index is 549. The predicted octanol–water partition coefficient (Wildman–Crippen LogP) is 5.40. The van der Waals surface area contributed by atoms with Crippen LogP contribution in [0, 0.1) is 17.7 Å². The van der Waals surface area contributed by atoms with Crippen LogP contribution in [0.3, 0.4) is 0 Å². The summed E-state index contributed by atoms with van der Waals surface area (Å²) in [7, 11) is 0. The molecule has 0 atom stereocenters. The van der Waals surface area contributed by atoms with Crippen molar-refractivity contribution >= 4 is 15.9 Å². The molecule has 4 heteroatoms. The molecule has 3 rings (SSSR count). The Morgan fingerprint density at radius 2 is 1.81 bits per heavy atom. The van der Waals surface area contributed by atoms with Crippen LogP contribution in [-0.4, -0.2) is 37.1 Å². The molecule has 1 heterocycles. The normalized spacial score (nSPS) is 25.5. The van der Waals surface area contributed by atoms with E-state index in [-0.39, 0.29) is 5.82 Å². The van der Waals surface area contributed by atoms with Crippen LogP contribution in [0.5, 0.6) is 0 Å². The third-order valence-corrected chi connectivity index (χ3v) is 7.19. The zero-order valence-corrected chi connectivity index (χ0v) is 17.7. The van der Waals surface area contributed by atoms with Gasteiger partial charge in [0.15, 0.2) is 0 Å². The summed E-state index contributed by atoms with van der Waals surface area (Å²) in [6, 6.07) is 5.83. The van der Waals surface area contributed by atoms with Gasteiger partial charge in [-0.25, -0.2) is 4.39 Å². The minimum Gasteiger partial charge on any atom is -0.314 e. The van der Waals surface area contributed by atoms with Crippen molar-refractivity contribution in [2.45, 2.75) is 64.3 Å². The van der Waals surface area contributed by atoms with Gasteiger partial charge in [0, 0.05) is 10.5 Å². The summed E-state index contributed by atoms with van der Waals surface area (Å²) < 4.78 is 14.5. The average molecular weight is 425 g/mol. The molecule has 2 fully saturated rings. The summed E-state index contributed by atoms with van der Waals surface area (Å²) in [5.74, 6) is 1.51. The van der Waals surface area contributed by atoms with Crippen LogP contribution in [0.15, 0.2) is 22.7 Å². The summed E-state index contributed by atoms with van der Waals surface area (Å²) in [4.78, 5) is 2.66. The molecule has 0 bridgehead atoms. The lowest BCUT2D eigenvalue weighted by atomic mass is 9.83.